The first-order chi connectivity index (χ1) is 12.8. The first kappa shape index (κ1) is 15.0. The van der Waals surface area contributed by atoms with Crippen LogP contribution < -0.4 is 24.7 Å². The third kappa shape index (κ3) is 2.60. The van der Waals surface area contributed by atoms with Crippen molar-refractivity contribution in [1.29, 1.82) is 0 Å². The normalized spacial score (nSPS) is 13.5. The first-order valence-corrected chi connectivity index (χ1v) is 8.98. The molecule has 2 N–H and O–H groups in total. The van der Waals surface area contributed by atoms with Gasteiger partial charge in [0, 0.05) is 34.4 Å². The van der Waals surface area contributed by atoms with Gasteiger partial charge in [0.25, 0.3) is 0 Å². The molecule has 128 valence electrons. The van der Waals surface area contributed by atoms with Crippen LogP contribution in [0.15, 0.2) is 48.7 Å². The molecule has 6 heteroatoms. The first-order valence-electron chi connectivity index (χ1n) is 8.16. The Hall–Kier alpha value is -3.25. The number of fused-ring (bicyclic) bond motifs is 2. The van der Waals surface area contributed by atoms with Crippen molar-refractivity contribution in [2.45, 2.75) is 0 Å². The lowest BCUT2D eigenvalue weighted by Gasteiger charge is -2.03. The van der Waals surface area contributed by atoms with Crippen LogP contribution in [0.1, 0.15) is 5.56 Å². The zero-order chi connectivity index (χ0) is 17.5. The second kappa shape index (κ2) is 5.93. The number of aromatic amines is 1. The molecule has 0 unspecified atom stereocenters. The number of anilines is 2. The Bertz CT molecular complexity index is 1230. The molecule has 4 aromatic rings. The molecular formula is C20H15N3O2S. The fourth-order valence-corrected chi connectivity index (χ4v) is 3.86. The molecule has 5 nitrogen and oxygen atoms in total. The number of aromatic nitrogens is 2. The Labute approximate surface area is 153 Å². The van der Waals surface area contributed by atoms with Gasteiger partial charge in [0.2, 0.25) is 6.79 Å². The summed E-state index contributed by atoms with van der Waals surface area (Å²) in [6.45, 7) is 4.34. The van der Waals surface area contributed by atoms with Crippen LogP contribution in [0.3, 0.4) is 0 Å². The van der Waals surface area contributed by atoms with Gasteiger partial charge >= 0.3 is 0 Å². The molecule has 0 atom stereocenters. The molecule has 1 aliphatic rings. The fourth-order valence-electron chi connectivity index (χ4n) is 2.98. The molecule has 26 heavy (non-hydrogen) atoms. The fraction of sp³-hybridized carbons (Fsp3) is 0.0500. The number of para-hydroxylation sites is 1. The zero-order valence-corrected chi connectivity index (χ0v) is 14.6. The number of hydrogen-bond donors (Lipinski definition) is 2. The summed E-state index contributed by atoms with van der Waals surface area (Å²) in [6.07, 6.45) is 4.12. The summed E-state index contributed by atoms with van der Waals surface area (Å²) in [5.74, 6) is 1.51. The minimum atomic E-state index is 0.267. The van der Waals surface area contributed by atoms with Gasteiger partial charge in [-0.1, -0.05) is 36.1 Å². The second-order valence-electron chi connectivity index (χ2n) is 5.96. The van der Waals surface area contributed by atoms with Crippen molar-refractivity contribution in [2.75, 3.05) is 12.1 Å². The van der Waals surface area contributed by atoms with E-state index in [1.54, 1.807) is 11.3 Å². The van der Waals surface area contributed by atoms with E-state index in [0.717, 1.165) is 43.3 Å². The van der Waals surface area contributed by atoms with E-state index < -0.39 is 0 Å². The number of thiazole rings is 1. The summed E-state index contributed by atoms with van der Waals surface area (Å²) in [6, 6.07) is 14.0. The highest BCUT2D eigenvalue weighted by Crippen LogP contribution is 2.35. The van der Waals surface area contributed by atoms with Crippen molar-refractivity contribution in [3.05, 3.63) is 64.1 Å². The van der Waals surface area contributed by atoms with E-state index in [0.29, 0.717) is 0 Å². The summed E-state index contributed by atoms with van der Waals surface area (Å²) in [7, 11) is 0. The monoisotopic (exact) mass is 361 g/mol. The predicted molar refractivity (Wildman–Crippen MR) is 105 cm³/mol. The van der Waals surface area contributed by atoms with Crippen LogP contribution in [0.4, 0.5) is 10.8 Å². The van der Waals surface area contributed by atoms with Gasteiger partial charge in [-0.3, -0.25) is 0 Å². The van der Waals surface area contributed by atoms with Crippen LogP contribution in [0, 0.1) is 0 Å². The Balaban J connectivity index is 1.49. The molecule has 2 aromatic heterocycles. The standard InChI is InChI=1S/C20H15N3O2S/c1-12-19(8-13-10-21-16-5-3-2-4-15(13)16)26-20(22-12)23-14-6-7-17-18(9-14)25-11-24-17/h2-10,21H,1,11H2,(H,22,23)/b19-8-. The predicted octanol–water partition coefficient (Wildman–Crippen LogP) is 3.34. The summed E-state index contributed by atoms with van der Waals surface area (Å²) >= 11 is 1.57. The minimum Gasteiger partial charge on any atom is -0.454 e. The van der Waals surface area contributed by atoms with Crippen LogP contribution in [-0.2, 0) is 0 Å². The molecule has 5 rings (SSSR count). The number of hydrogen-bond acceptors (Lipinski definition) is 5. The van der Waals surface area contributed by atoms with Gasteiger partial charge in [0.15, 0.2) is 16.6 Å². The van der Waals surface area contributed by atoms with E-state index in [-0.39, 0.29) is 6.79 Å². The van der Waals surface area contributed by atoms with Crippen LogP contribution in [0.2, 0.25) is 0 Å². The lowest BCUT2D eigenvalue weighted by Crippen LogP contribution is -2.18. The van der Waals surface area contributed by atoms with E-state index in [1.807, 2.05) is 36.5 Å². The zero-order valence-electron chi connectivity index (χ0n) is 13.8. The second-order valence-corrected chi connectivity index (χ2v) is 6.99. The molecule has 0 saturated carbocycles. The van der Waals surface area contributed by atoms with Crippen molar-refractivity contribution in [1.82, 2.24) is 9.97 Å². The number of nitrogens with zero attached hydrogens (tertiary/aromatic N) is 1. The summed E-state index contributed by atoms with van der Waals surface area (Å²) in [5.41, 5.74) is 3.15. The molecule has 2 aromatic carbocycles. The smallest absolute Gasteiger partial charge is 0.231 e. The van der Waals surface area contributed by atoms with Crippen molar-refractivity contribution in [3.8, 4) is 11.5 Å². The van der Waals surface area contributed by atoms with E-state index in [2.05, 4.69) is 40.1 Å². The van der Waals surface area contributed by atoms with Crippen LogP contribution >= 0.6 is 11.3 Å². The van der Waals surface area contributed by atoms with Gasteiger partial charge in [-0.15, -0.1) is 0 Å². The van der Waals surface area contributed by atoms with Gasteiger partial charge in [0.1, 0.15) is 0 Å². The maximum atomic E-state index is 5.42. The van der Waals surface area contributed by atoms with E-state index >= 15 is 0 Å². The van der Waals surface area contributed by atoms with Crippen LogP contribution in [0.25, 0.3) is 23.6 Å². The van der Waals surface area contributed by atoms with E-state index in [1.165, 1.54) is 5.39 Å². The molecule has 0 radical (unpaired) electrons. The highest BCUT2D eigenvalue weighted by Gasteiger charge is 2.13. The van der Waals surface area contributed by atoms with E-state index in [9.17, 15) is 0 Å². The largest absolute Gasteiger partial charge is 0.454 e. The van der Waals surface area contributed by atoms with Crippen LogP contribution in [0.5, 0.6) is 11.5 Å². The molecule has 0 amide bonds. The van der Waals surface area contributed by atoms with Crippen molar-refractivity contribution in [2.24, 2.45) is 0 Å². The highest BCUT2D eigenvalue weighted by atomic mass is 32.1. The maximum absolute atomic E-state index is 5.42. The SMILES string of the molecule is C=c1nc(Nc2ccc3c(c2)OCO3)s/c1=C\c1c[nH]c2ccccc12. The molecule has 0 saturated heterocycles. The maximum Gasteiger partial charge on any atom is 0.231 e. The minimum absolute atomic E-state index is 0.267. The van der Waals surface area contributed by atoms with Gasteiger partial charge < -0.3 is 19.8 Å². The number of rotatable bonds is 3. The third-order valence-electron chi connectivity index (χ3n) is 4.26. The molecule has 3 heterocycles. The molecule has 0 aliphatic carbocycles. The molecule has 0 bridgehead atoms. The molecule has 1 aliphatic heterocycles. The van der Waals surface area contributed by atoms with Crippen molar-refractivity contribution < 1.29 is 9.47 Å². The van der Waals surface area contributed by atoms with Gasteiger partial charge in [-0.2, -0.15) is 0 Å². The third-order valence-corrected chi connectivity index (χ3v) is 5.22. The molecule has 0 fully saturated rings. The topological polar surface area (TPSA) is 59.2 Å². The van der Waals surface area contributed by atoms with Crippen molar-refractivity contribution >= 4 is 45.7 Å². The molecular weight excluding hydrogens is 346 g/mol. The number of benzene rings is 2. The summed E-state index contributed by atoms with van der Waals surface area (Å²) < 4.78 is 11.8. The molecule has 0 spiro atoms. The van der Waals surface area contributed by atoms with Crippen molar-refractivity contribution in [3.63, 3.8) is 0 Å². The number of ether oxygens (including phenoxy) is 2. The van der Waals surface area contributed by atoms with Gasteiger partial charge in [0.05, 0.1) is 9.88 Å². The van der Waals surface area contributed by atoms with Gasteiger partial charge in [-0.25, -0.2) is 4.98 Å². The lowest BCUT2D eigenvalue weighted by atomic mass is 10.2. The van der Waals surface area contributed by atoms with Gasteiger partial charge in [-0.05, 0) is 24.3 Å². The summed E-state index contributed by atoms with van der Waals surface area (Å²) in [5, 5.41) is 6.05. The Morgan fingerprint density at radius 2 is 2.04 bits per heavy atom. The Morgan fingerprint density at radius 3 is 3.00 bits per heavy atom. The number of H-pyrrole nitrogens is 1. The van der Waals surface area contributed by atoms with E-state index in [4.69, 9.17) is 9.47 Å². The summed E-state index contributed by atoms with van der Waals surface area (Å²) in [4.78, 5) is 7.83. The average Bonchev–Trinajstić information content (AvgIpc) is 3.35. The average molecular weight is 361 g/mol. The number of nitrogens with one attached hydrogen (secondary N) is 2. The lowest BCUT2D eigenvalue weighted by molar-refractivity contribution is 0.174. The Morgan fingerprint density at radius 1 is 1.15 bits per heavy atom. The quantitative estimate of drug-likeness (QED) is 0.588. The Kier molecular flexibility index (Phi) is 3.43. The highest BCUT2D eigenvalue weighted by molar-refractivity contribution is 7.13. The van der Waals surface area contributed by atoms with Crippen LogP contribution in [-0.4, -0.2) is 16.8 Å².